The van der Waals surface area contributed by atoms with Crippen molar-refractivity contribution in [2.45, 2.75) is 43.5 Å². The number of carboxylic acids is 1. The smallest absolute Gasteiger partial charge is 0.303 e. The molecular formula is C15H20ClNO3S. The van der Waals surface area contributed by atoms with Crippen LogP contribution in [-0.4, -0.2) is 28.3 Å². The van der Waals surface area contributed by atoms with Crippen LogP contribution in [0.15, 0.2) is 29.2 Å². The van der Waals surface area contributed by atoms with E-state index in [4.69, 9.17) is 16.7 Å². The van der Waals surface area contributed by atoms with Crippen LogP contribution in [-0.2, 0) is 9.59 Å². The third-order valence-corrected chi connectivity index (χ3v) is 4.38. The van der Waals surface area contributed by atoms with E-state index in [9.17, 15) is 9.59 Å². The summed E-state index contributed by atoms with van der Waals surface area (Å²) in [5, 5.41) is 12.2. The van der Waals surface area contributed by atoms with Crippen LogP contribution in [0, 0.1) is 0 Å². The summed E-state index contributed by atoms with van der Waals surface area (Å²) in [4.78, 5) is 23.4. The number of carbonyl (C=O) groups is 2. The number of nitrogens with one attached hydrogen (secondary N) is 1. The Kier molecular flexibility index (Phi) is 7.05. The fourth-order valence-electron chi connectivity index (χ4n) is 1.74. The maximum atomic E-state index is 11.9. The van der Waals surface area contributed by atoms with Crippen LogP contribution < -0.4 is 5.32 Å². The molecule has 0 saturated carbocycles. The van der Waals surface area contributed by atoms with Gasteiger partial charge in [0.05, 0.1) is 5.02 Å². The summed E-state index contributed by atoms with van der Waals surface area (Å²) in [6.45, 7) is 3.66. The minimum Gasteiger partial charge on any atom is -0.481 e. The van der Waals surface area contributed by atoms with Gasteiger partial charge in [-0.15, -0.1) is 11.8 Å². The molecule has 0 aliphatic rings. The van der Waals surface area contributed by atoms with Crippen LogP contribution in [0.5, 0.6) is 0 Å². The number of halogens is 1. The lowest BCUT2D eigenvalue weighted by Crippen LogP contribution is -2.43. The minimum atomic E-state index is -0.855. The number of amides is 1. The Morgan fingerprint density at radius 1 is 1.29 bits per heavy atom. The summed E-state index contributed by atoms with van der Waals surface area (Å²) >= 11 is 7.57. The SMILES string of the molecule is CC(C)(CCC(=O)O)NC(=O)CCSc1ccccc1Cl. The molecular weight excluding hydrogens is 310 g/mol. The molecule has 0 aliphatic carbocycles. The van der Waals surface area contributed by atoms with Crippen LogP contribution in [0.25, 0.3) is 0 Å². The molecule has 4 nitrogen and oxygen atoms in total. The summed E-state index contributed by atoms with van der Waals surface area (Å²) in [5.41, 5.74) is -0.509. The zero-order chi connectivity index (χ0) is 15.9. The zero-order valence-corrected chi connectivity index (χ0v) is 13.8. The van der Waals surface area contributed by atoms with Gasteiger partial charge in [0, 0.05) is 29.0 Å². The van der Waals surface area contributed by atoms with Crippen molar-refractivity contribution >= 4 is 35.2 Å². The average Bonchev–Trinajstić information content (AvgIpc) is 2.38. The highest BCUT2D eigenvalue weighted by Gasteiger charge is 2.21. The number of rotatable bonds is 8. The van der Waals surface area contributed by atoms with E-state index in [0.717, 1.165) is 4.90 Å². The van der Waals surface area contributed by atoms with Gasteiger partial charge in [-0.2, -0.15) is 0 Å². The molecule has 0 fully saturated rings. The first-order valence-corrected chi connectivity index (χ1v) is 8.07. The van der Waals surface area contributed by atoms with E-state index >= 15 is 0 Å². The quantitative estimate of drug-likeness (QED) is 0.715. The molecule has 0 heterocycles. The molecule has 1 amide bonds. The fourth-order valence-corrected chi connectivity index (χ4v) is 2.92. The van der Waals surface area contributed by atoms with E-state index in [1.165, 1.54) is 11.8 Å². The van der Waals surface area contributed by atoms with Gasteiger partial charge < -0.3 is 10.4 Å². The molecule has 0 saturated heterocycles. The molecule has 1 aromatic carbocycles. The molecule has 0 unspecified atom stereocenters. The Labute approximate surface area is 134 Å². The first kappa shape index (κ1) is 17.9. The van der Waals surface area contributed by atoms with E-state index in [2.05, 4.69) is 5.32 Å². The van der Waals surface area contributed by atoms with Crippen LogP contribution in [0.1, 0.15) is 33.1 Å². The lowest BCUT2D eigenvalue weighted by molar-refractivity contribution is -0.137. The van der Waals surface area contributed by atoms with Gasteiger partial charge in [0.15, 0.2) is 0 Å². The van der Waals surface area contributed by atoms with Crippen molar-refractivity contribution < 1.29 is 14.7 Å². The van der Waals surface area contributed by atoms with Crippen molar-refractivity contribution in [1.82, 2.24) is 5.32 Å². The van der Waals surface area contributed by atoms with Crippen molar-refractivity contribution in [3.8, 4) is 0 Å². The molecule has 21 heavy (non-hydrogen) atoms. The highest BCUT2D eigenvalue weighted by molar-refractivity contribution is 7.99. The molecule has 116 valence electrons. The highest BCUT2D eigenvalue weighted by Crippen LogP contribution is 2.26. The van der Waals surface area contributed by atoms with Crippen molar-refractivity contribution in [3.63, 3.8) is 0 Å². The largest absolute Gasteiger partial charge is 0.481 e. The maximum Gasteiger partial charge on any atom is 0.303 e. The lowest BCUT2D eigenvalue weighted by Gasteiger charge is -2.25. The van der Waals surface area contributed by atoms with Gasteiger partial charge in [0.2, 0.25) is 5.91 Å². The van der Waals surface area contributed by atoms with Gasteiger partial charge in [-0.25, -0.2) is 0 Å². The second kappa shape index (κ2) is 8.29. The topological polar surface area (TPSA) is 66.4 Å². The normalized spacial score (nSPS) is 11.2. The Hall–Kier alpha value is -1.20. The van der Waals surface area contributed by atoms with Crippen molar-refractivity contribution in [2.75, 3.05) is 5.75 Å². The lowest BCUT2D eigenvalue weighted by atomic mass is 9.98. The summed E-state index contributed by atoms with van der Waals surface area (Å²) in [6, 6.07) is 7.51. The maximum absolute atomic E-state index is 11.9. The third kappa shape index (κ3) is 7.39. The average molecular weight is 330 g/mol. The van der Waals surface area contributed by atoms with Crippen molar-refractivity contribution in [2.24, 2.45) is 0 Å². The predicted molar refractivity (Wildman–Crippen MR) is 85.9 cm³/mol. The van der Waals surface area contributed by atoms with E-state index in [1.54, 1.807) is 0 Å². The Morgan fingerprint density at radius 3 is 2.57 bits per heavy atom. The number of thioether (sulfide) groups is 1. The van der Waals surface area contributed by atoms with Gasteiger partial charge >= 0.3 is 5.97 Å². The number of aliphatic carboxylic acids is 1. The van der Waals surface area contributed by atoms with Crippen LogP contribution in [0.3, 0.4) is 0 Å². The standard InChI is InChI=1S/C15H20ClNO3S/c1-15(2,9-7-14(19)20)17-13(18)8-10-21-12-6-4-3-5-11(12)16/h3-6H,7-10H2,1-2H3,(H,17,18)(H,19,20). The molecule has 0 atom stereocenters. The summed E-state index contributed by atoms with van der Waals surface area (Å²) < 4.78 is 0. The third-order valence-electron chi connectivity index (χ3n) is 2.87. The van der Waals surface area contributed by atoms with Gasteiger partial charge in [0.25, 0.3) is 0 Å². The Morgan fingerprint density at radius 2 is 1.95 bits per heavy atom. The van der Waals surface area contributed by atoms with Crippen LogP contribution in [0.4, 0.5) is 0 Å². The van der Waals surface area contributed by atoms with E-state index in [1.807, 2.05) is 38.1 Å². The van der Waals surface area contributed by atoms with Crippen molar-refractivity contribution in [3.05, 3.63) is 29.3 Å². The van der Waals surface area contributed by atoms with E-state index in [0.29, 0.717) is 23.6 Å². The second-order valence-corrected chi connectivity index (χ2v) is 6.90. The van der Waals surface area contributed by atoms with Gasteiger partial charge in [-0.1, -0.05) is 23.7 Å². The van der Waals surface area contributed by atoms with Gasteiger partial charge in [-0.05, 0) is 32.4 Å². The molecule has 0 aliphatic heterocycles. The Balaban J connectivity index is 2.34. The molecule has 0 bridgehead atoms. The molecule has 6 heteroatoms. The number of carboxylic acid groups (broad SMARTS) is 1. The molecule has 0 aromatic heterocycles. The van der Waals surface area contributed by atoms with Crippen molar-refractivity contribution in [1.29, 1.82) is 0 Å². The fraction of sp³-hybridized carbons (Fsp3) is 0.467. The minimum absolute atomic E-state index is 0.0433. The molecule has 0 spiro atoms. The summed E-state index contributed by atoms with van der Waals surface area (Å²) in [7, 11) is 0. The first-order valence-electron chi connectivity index (χ1n) is 6.70. The number of carbonyl (C=O) groups excluding carboxylic acids is 1. The van der Waals surface area contributed by atoms with E-state index < -0.39 is 11.5 Å². The predicted octanol–water partition coefficient (Wildman–Crippen LogP) is 3.58. The first-order chi connectivity index (χ1) is 9.80. The Bertz CT molecular complexity index is 505. The van der Waals surface area contributed by atoms with Crippen LogP contribution in [0.2, 0.25) is 5.02 Å². The highest BCUT2D eigenvalue weighted by atomic mass is 35.5. The molecule has 2 N–H and O–H groups in total. The van der Waals surface area contributed by atoms with Gasteiger partial charge in [0.1, 0.15) is 0 Å². The monoisotopic (exact) mass is 329 g/mol. The number of hydrogen-bond donors (Lipinski definition) is 2. The number of benzene rings is 1. The summed E-state index contributed by atoms with van der Waals surface area (Å²) in [5.74, 6) is -0.304. The number of hydrogen-bond acceptors (Lipinski definition) is 3. The van der Waals surface area contributed by atoms with Gasteiger partial charge in [-0.3, -0.25) is 9.59 Å². The second-order valence-electron chi connectivity index (χ2n) is 5.35. The molecule has 1 rings (SSSR count). The zero-order valence-electron chi connectivity index (χ0n) is 12.2. The molecule has 1 aromatic rings. The molecule has 0 radical (unpaired) electrons. The van der Waals surface area contributed by atoms with Crippen LogP contribution >= 0.6 is 23.4 Å². The van der Waals surface area contributed by atoms with E-state index in [-0.39, 0.29) is 12.3 Å². The summed E-state index contributed by atoms with van der Waals surface area (Å²) in [6.07, 6.45) is 0.819.